The van der Waals surface area contributed by atoms with Crippen LogP contribution in [0.15, 0.2) is 200 Å². The molecule has 0 N–H and O–H groups in total. The van der Waals surface area contributed by atoms with Gasteiger partial charge >= 0.3 is 0 Å². The lowest BCUT2D eigenvalue weighted by molar-refractivity contribution is 1.18. The first-order chi connectivity index (χ1) is 27.3. The van der Waals surface area contributed by atoms with E-state index >= 15 is 0 Å². The fourth-order valence-electron chi connectivity index (χ4n) is 8.50. The van der Waals surface area contributed by atoms with Crippen LogP contribution in [0.25, 0.3) is 105 Å². The largest absolute Gasteiger partial charge is 0.309 e. The molecule has 256 valence electrons. The highest BCUT2D eigenvalue weighted by Crippen LogP contribution is 2.42. The van der Waals surface area contributed by atoms with E-state index in [-0.39, 0.29) is 0 Å². The van der Waals surface area contributed by atoms with Crippen LogP contribution < -0.4 is 0 Å². The van der Waals surface area contributed by atoms with Crippen LogP contribution >= 0.6 is 0 Å². The van der Waals surface area contributed by atoms with E-state index in [4.69, 9.17) is 9.97 Å². The van der Waals surface area contributed by atoms with Gasteiger partial charge in [0.05, 0.1) is 22.4 Å². The van der Waals surface area contributed by atoms with Gasteiger partial charge in [-0.15, -0.1) is 0 Å². The lowest BCUT2D eigenvalue weighted by Crippen LogP contribution is -1.97. The molecule has 3 heteroatoms. The topological polar surface area (TPSA) is 30.7 Å². The molecule has 0 aliphatic heterocycles. The van der Waals surface area contributed by atoms with Crippen molar-refractivity contribution in [3.05, 3.63) is 200 Å². The predicted molar refractivity (Wildman–Crippen MR) is 231 cm³/mol. The molecule has 11 aromatic rings. The van der Waals surface area contributed by atoms with Crippen LogP contribution in [0.4, 0.5) is 0 Å². The molecule has 11 rings (SSSR count). The number of rotatable bonds is 5. The summed E-state index contributed by atoms with van der Waals surface area (Å²) in [6, 6.07) is 71.5. The summed E-state index contributed by atoms with van der Waals surface area (Å²) in [5.74, 6) is 0.702. The van der Waals surface area contributed by atoms with Gasteiger partial charge < -0.3 is 4.57 Å². The number of benzene rings is 9. The quantitative estimate of drug-likeness (QED) is 0.132. The average molecular weight is 700 g/mol. The van der Waals surface area contributed by atoms with Gasteiger partial charge in [0.15, 0.2) is 5.82 Å². The van der Waals surface area contributed by atoms with Gasteiger partial charge in [0.2, 0.25) is 0 Å². The van der Waals surface area contributed by atoms with Crippen LogP contribution in [-0.4, -0.2) is 14.5 Å². The summed E-state index contributed by atoms with van der Waals surface area (Å²) in [6.07, 6.45) is 0. The number of nitrogens with zero attached hydrogens (tertiary/aromatic N) is 3. The third-order valence-electron chi connectivity index (χ3n) is 11.0. The lowest BCUT2D eigenvalue weighted by Gasteiger charge is -2.16. The van der Waals surface area contributed by atoms with E-state index in [1.807, 2.05) is 6.07 Å². The third kappa shape index (κ3) is 5.13. The number of fused-ring (bicyclic) bond motifs is 7. The van der Waals surface area contributed by atoms with Gasteiger partial charge in [0, 0.05) is 33.2 Å². The number of hydrogen-bond donors (Lipinski definition) is 0. The number of hydrogen-bond acceptors (Lipinski definition) is 2. The first-order valence-corrected chi connectivity index (χ1v) is 18.7. The Morgan fingerprint density at radius 1 is 0.345 bits per heavy atom. The Morgan fingerprint density at radius 2 is 0.982 bits per heavy atom. The molecule has 0 aliphatic rings. The molecule has 0 spiro atoms. The van der Waals surface area contributed by atoms with Crippen molar-refractivity contribution in [2.75, 3.05) is 0 Å². The standard InChI is InChI=1S/C52H33N3/c1-3-16-35(17-4-1)52-53-46(33-47(54-52)50-41-24-10-8-18-37(41)32-45-40-23-9-7-15-34(40)29-30-43(45)50)38-20-13-19-36(31-38)42-26-14-28-49-51(42)44-25-11-12-27-48(44)55(49)39-21-5-2-6-22-39/h1-33H. The van der Waals surface area contributed by atoms with E-state index in [0.717, 1.165) is 39.3 Å². The Labute approximate surface area is 318 Å². The molecule has 0 saturated carbocycles. The van der Waals surface area contributed by atoms with Crippen LogP contribution in [0.3, 0.4) is 0 Å². The summed E-state index contributed by atoms with van der Waals surface area (Å²) in [5.41, 5.74) is 10.8. The second-order valence-electron chi connectivity index (χ2n) is 14.2. The van der Waals surface area contributed by atoms with Crippen LogP contribution in [0.5, 0.6) is 0 Å². The van der Waals surface area contributed by atoms with Crippen molar-refractivity contribution in [2.24, 2.45) is 0 Å². The zero-order chi connectivity index (χ0) is 36.3. The maximum absolute atomic E-state index is 5.35. The summed E-state index contributed by atoms with van der Waals surface area (Å²) in [6.45, 7) is 0. The molecule has 55 heavy (non-hydrogen) atoms. The zero-order valence-electron chi connectivity index (χ0n) is 29.9. The molecule has 3 nitrogen and oxygen atoms in total. The van der Waals surface area contributed by atoms with E-state index in [1.165, 1.54) is 59.7 Å². The summed E-state index contributed by atoms with van der Waals surface area (Å²) in [7, 11) is 0. The maximum Gasteiger partial charge on any atom is 0.160 e. The molecule has 0 bridgehead atoms. The van der Waals surface area contributed by atoms with Gasteiger partial charge in [0.1, 0.15) is 0 Å². The molecule has 2 heterocycles. The molecular formula is C52H33N3. The van der Waals surface area contributed by atoms with Gasteiger partial charge in [-0.1, -0.05) is 158 Å². The number of para-hydroxylation sites is 2. The van der Waals surface area contributed by atoms with Crippen LogP contribution in [0.2, 0.25) is 0 Å². The Morgan fingerprint density at radius 3 is 1.84 bits per heavy atom. The minimum absolute atomic E-state index is 0.702. The van der Waals surface area contributed by atoms with Crippen LogP contribution in [-0.2, 0) is 0 Å². The molecule has 0 radical (unpaired) electrons. The first kappa shape index (κ1) is 31.2. The van der Waals surface area contributed by atoms with Crippen LogP contribution in [0.1, 0.15) is 0 Å². The molecule has 0 aliphatic carbocycles. The van der Waals surface area contributed by atoms with Crippen molar-refractivity contribution in [1.29, 1.82) is 0 Å². The normalized spacial score (nSPS) is 11.6. The molecule has 0 amide bonds. The SMILES string of the molecule is c1ccc(-c2nc(-c3cccc(-c4cccc5c4c4ccccc4n5-c4ccccc4)c3)cc(-c3c4ccccc4cc4c3ccc3ccccc34)n2)cc1. The Kier molecular flexibility index (Phi) is 7.17. The predicted octanol–water partition coefficient (Wildman–Crippen LogP) is 13.7. The van der Waals surface area contributed by atoms with Crippen molar-refractivity contribution < 1.29 is 0 Å². The highest BCUT2D eigenvalue weighted by molar-refractivity contribution is 6.20. The lowest BCUT2D eigenvalue weighted by atomic mass is 9.91. The average Bonchev–Trinajstić information content (AvgIpc) is 3.61. The van der Waals surface area contributed by atoms with E-state index in [1.54, 1.807) is 0 Å². The van der Waals surface area contributed by atoms with Crippen molar-refractivity contribution in [1.82, 2.24) is 14.5 Å². The molecule has 0 atom stereocenters. The van der Waals surface area contributed by atoms with Crippen molar-refractivity contribution in [3.63, 3.8) is 0 Å². The smallest absolute Gasteiger partial charge is 0.160 e. The van der Waals surface area contributed by atoms with E-state index in [2.05, 4.69) is 199 Å². The molecule has 9 aromatic carbocycles. The van der Waals surface area contributed by atoms with E-state index < -0.39 is 0 Å². The van der Waals surface area contributed by atoms with Crippen molar-refractivity contribution >= 4 is 54.1 Å². The van der Waals surface area contributed by atoms with Gasteiger partial charge in [-0.25, -0.2) is 9.97 Å². The second kappa shape index (κ2) is 12.6. The molecule has 2 aromatic heterocycles. The summed E-state index contributed by atoms with van der Waals surface area (Å²) in [5, 5.41) is 9.68. The van der Waals surface area contributed by atoms with Gasteiger partial charge in [-0.3, -0.25) is 0 Å². The fourth-order valence-corrected chi connectivity index (χ4v) is 8.50. The Hall–Kier alpha value is -7.36. The Balaban J connectivity index is 1.15. The van der Waals surface area contributed by atoms with Crippen LogP contribution in [0, 0.1) is 0 Å². The summed E-state index contributed by atoms with van der Waals surface area (Å²) >= 11 is 0. The van der Waals surface area contributed by atoms with Crippen molar-refractivity contribution in [3.8, 4) is 50.7 Å². The summed E-state index contributed by atoms with van der Waals surface area (Å²) < 4.78 is 2.37. The van der Waals surface area contributed by atoms with Gasteiger partial charge in [0.25, 0.3) is 0 Å². The molecular weight excluding hydrogens is 667 g/mol. The zero-order valence-corrected chi connectivity index (χ0v) is 29.9. The van der Waals surface area contributed by atoms with E-state index in [9.17, 15) is 0 Å². The maximum atomic E-state index is 5.35. The minimum atomic E-state index is 0.702. The second-order valence-corrected chi connectivity index (χ2v) is 14.2. The summed E-state index contributed by atoms with van der Waals surface area (Å²) in [4.78, 5) is 10.6. The third-order valence-corrected chi connectivity index (χ3v) is 11.0. The van der Waals surface area contributed by atoms with E-state index in [0.29, 0.717) is 5.82 Å². The molecule has 0 saturated heterocycles. The first-order valence-electron chi connectivity index (χ1n) is 18.7. The highest BCUT2D eigenvalue weighted by Gasteiger charge is 2.19. The monoisotopic (exact) mass is 699 g/mol. The van der Waals surface area contributed by atoms with Gasteiger partial charge in [-0.2, -0.15) is 0 Å². The minimum Gasteiger partial charge on any atom is -0.309 e. The fraction of sp³-hybridized carbons (Fsp3) is 0. The molecule has 0 fully saturated rings. The number of aromatic nitrogens is 3. The molecule has 0 unspecified atom stereocenters. The highest BCUT2D eigenvalue weighted by atomic mass is 15.0. The van der Waals surface area contributed by atoms with Crippen molar-refractivity contribution in [2.45, 2.75) is 0 Å². The van der Waals surface area contributed by atoms with Gasteiger partial charge in [-0.05, 0) is 85.9 Å². The Bertz CT molecular complexity index is 3250.